The summed E-state index contributed by atoms with van der Waals surface area (Å²) in [5, 5.41) is 25.3. The number of amides is 1. The number of ether oxygens (including phenoxy) is 1. The van der Waals surface area contributed by atoms with Crippen LogP contribution in [0.5, 0.6) is 11.5 Å². The Kier molecular flexibility index (Phi) is 10.0. The Hall–Kier alpha value is -2.70. The third-order valence-electron chi connectivity index (χ3n) is 5.71. The van der Waals surface area contributed by atoms with Gasteiger partial charge in [-0.1, -0.05) is 66.2 Å². The number of methoxy groups -OCH3 is 1. The third-order valence-corrected chi connectivity index (χ3v) is 7.35. The van der Waals surface area contributed by atoms with Crippen molar-refractivity contribution in [3.63, 3.8) is 0 Å². The maximum atomic E-state index is 13.5. The first-order chi connectivity index (χ1) is 18.1. The van der Waals surface area contributed by atoms with Crippen LogP contribution in [0.3, 0.4) is 0 Å². The van der Waals surface area contributed by atoms with Gasteiger partial charge in [-0.05, 0) is 47.7 Å². The molecule has 0 aliphatic heterocycles. The van der Waals surface area contributed by atoms with Crippen molar-refractivity contribution in [1.29, 1.82) is 0 Å². The van der Waals surface area contributed by atoms with Gasteiger partial charge in [0.1, 0.15) is 22.0 Å². The van der Waals surface area contributed by atoms with Crippen LogP contribution in [0.1, 0.15) is 22.8 Å². The van der Waals surface area contributed by atoms with E-state index in [1.807, 2.05) is 0 Å². The summed E-state index contributed by atoms with van der Waals surface area (Å²) in [6.07, 6.45) is 0.189. The van der Waals surface area contributed by atoms with E-state index in [2.05, 4.69) is 15.5 Å². The molecule has 196 valence electrons. The third kappa shape index (κ3) is 6.38. The number of hydrogen-bond acceptors (Lipinski definition) is 7. The summed E-state index contributed by atoms with van der Waals surface area (Å²) in [6, 6.07) is 15.6. The van der Waals surface area contributed by atoms with Gasteiger partial charge in [-0.15, -0.1) is 5.11 Å². The Balaban J connectivity index is 0.00000420. The average Bonchev–Trinajstić information content (AvgIpc) is 2.88. The molecule has 0 aromatic heterocycles. The van der Waals surface area contributed by atoms with E-state index in [0.717, 1.165) is 0 Å². The number of rotatable bonds is 7. The molecule has 13 heteroatoms. The number of hydrogen-bond donors (Lipinski definition) is 2. The molecule has 0 atom stereocenters. The summed E-state index contributed by atoms with van der Waals surface area (Å²) in [6.45, 7) is 1.66. The van der Waals surface area contributed by atoms with Crippen molar-refractivity contribution < 1.29 is 57.2 Å². The van der Waals surface area contributed by atoms with Crippen LogP contribution in [0, 0.1) is 0 Å². The molecule has 0 fully saturated rings. The molecule has 1 amide bonds. The molecular formula is C26H20Cl2N3NaO6S. The first-order valence-corrected chi connectivity index (χ1v) is 13.3. The second-order valence-corrected chi connectivity index (χ2v) is 10.2. The molecule has 0 aliphatic rings. The predicted molar refractivity (Wildman–Crippen MR) is 144 cm³/mol. The van der Waals surface area contributed by atoms with E-state index < -0.39 is 26.7 Å². The molecule has 0 saturated heterocycles. The van der Waals surface area contributed by atoms with Crippen LogP contribution in [0.4, 0.5) is 17.1 Å². The van der Waals surface area contributed by atoms with Crippen LogP contribution >= 0.6 is 23.2 Å². The Bertz CT molecular complexity index is 1710. The second-order valence-electron chi connectivity index (χ2n) is 8.00. The fourth-order valence-electron chi connectivity index (χ4n) is 3.95. The van der Waals surface area contributed by atoms with Gasteiger partial charge >= 0.3 is 29.6 Å². The molecule has 9 nitrogen and oxygen atoms in total. The average molecular weight is 596 g/mol. The largest absolute Gasteiger partial charge is 1.00 e. The minimum Gasteiger partial charge on any atom is -0.870 e. The quantitative estimate of drug-likeness (QED) is 0.189. The Labute approximate surface area is 256 Å². The molecule has 0 saturated carbocycles. The molecule has 0 bridgehead atoms. The Morgan fingerprint density at radius 2 is 1.77 bits per heavy atom. The number of benzene rings is 4. The normalized spacial score (nSPS) is 11.4. The van der Waals surface area contributed by atoms with Crippen molar-refractivity contribution in [1.82, 2.24) is 0 Å². The summed E-state index contributed by atoms with van der Waals surface area (Å²) < 4.78 is 39.3. The van der Waals surface area contributed by atoms with E-state index in [1.165, 1.54) is 25.3 Å². The summed E-state index contributed by atoms with van der Waals surface area (Å²) in [7, 11) is -3.31. The van der Waals surface area contributed by atoms with Crippen LogP contribution < -0.4 is 44.7 Å². The van der Waals surface area contributed by atoms with Crippen molar-refractivity contribution in [2.75, 3.05) is 12.4 Å². The fourth-order valence-corrected chi connectivity index (χ4v) is 5.44. The molecule has 4 rings (SSSR count). The van der Waals surface area contributed by atoms with E-state index in [-0.39, 0.29) is 74.2 Å². The van der Waals surface area contributed by atoms with Crippen molar-refractivity contribution in [3.05, 3.63) is 81.8 Å². The van der Waals surface area contributed by atoms with E-state index >= 15 is 0 Å². The maximum absolute atomic E-state index is 13.5. The van der Waals surface area contributed by atoms with Crippen LogP contribution in [0.15, 0.2) is 75.8 Å². The molecule has 0 aliphatic carbocycles. The topological polar surface area (TPSA) is 140 Å². The van der Waals surface area contributed by atoms with Gasteiger partial charge < -0.3 is 15.2 Å². The van der Waals surface area contributed by atoms with Crippen molar-refractivity contribution >= 4 is 67.1 Å². The van der Waals surface area contributed by atoms with Gasteiger partial charge in [0.05, 0.1) is 17.8 Å². The molecular weight excluding hydrogens is 576 g/mol. The van der Waals surface area contributed by atoms with Crippen LogP contribution in [0.2, 0.25) is 10.0 Å². The van der Waals surface area contributed by atoms with E-state index in [1.54, 1.807) is 49.4 Å². The number of fused-ring (bicyclic) bond motifs is 1. The van der Waals surface area contributed by atoms with Gasteiger partial charge in [0.2, 0.25) is 0 Å². The van der Waals surface area contributed by atoms with Gasteiger partial charge in [-0.2, -0.15) is 13.5 Å². The predicted octanol–water partition coefficient (Wildman–Crippen LogP) is 3.71. The number of carbonyl (C=O) groups is 1. The Morgan fingerprint density at radius 3 is 2.44 bits per heavy atom. The summed E-state index contributed by atoms with van der Waals surface area (Å²) in [5.41, 5.74) is -0.329. The smallest absolute Gasteiger partial charge is 0.870 e. The van der Waals surface area contributed by atoms with Crippen LogP contribution in [-0.4, -0.2) is 26.0 Å². The summed E-state index contributed by atoms with van der Waals surface area (Å²) in [5.74, 6) is -1.22. The zero-order valence-electron chi connectivity index (χ0n) is 21.0. The second kappa shape index (κ2) is 12.6. The maximum Gasteiger partial charge on any atom is 1.00 e. The number of anilines is 1. The Morgan fingerprint density at radius 1 is 1.05 bits per heavy atom. The number of halogens is 2. The molecule has 0 heterocycles. The van der Waals surface area contributed by atoms with Gasteiger partial charge in [0.25, 0.3) is 16.0 Å². The van der Waals surface area contributed by atoms with Crippen LogP contribution in [-0.2, 0) is 16.5 Å². The van der Waals surface area contributed by atoms with Gasteiger partial charge in [0.15, 0.2) is 0 Å². The first kappa shape index (κ1) is 30.8. The SMILES string of the molecule is CCc1c(Cl)ccc(N=Nc2c([O-])c(C(=O)Nc3c(Cl)cccc3OC)cc3ccccc23)c1S(=O)(=O)O.[Na+]. The molecule has 2 N–H and O–H groups in total. The molecule has 0 unspecified atom stereocenters. The zero-order chi connectivity index (χ0) is 27.6. The fraction of sp³-hybridized carbons (Fsp3) is 0.115. The minimum atomic E-state index is -4.73. The molecule has 0 radical (unpaired) electrons. The zero-order valence-corrected chi connectivity index (χ0v) is 25.4. The van der Waals surface area contributed by atoms with Crippen molar-refractivity contribution in [3.8, 4) is 11.5 Å². The van der Waals surface area contributed by atoms with Gasteiger partial charge in [0, 0.05) is 16.0 Å². The number of carbonyl (C=O) groups excluding carboxylic acids is 1. The van der Waals surface area contributed by atoms with E-state index in [9.17, 15) is 22.9 Å². The monoisotopic (exact) mass is 595 g/mol. The molecule has 0 spiro atoms. The summed E-state index contributed by atoms with van der Waals surface area (Å²) in [4.78, 5) is 12.7. The van der Waals surface area contributed by atoms with Gasteiger partial charge in [-0.25, -0.2) is 0 Å². The van der Waals surface area contributed by atoms with Crippen molar-refractivity contribution in [2.45, 2.75) is 18.2 Å². The molecule has 4 aromatic rings. The number of azo groups is 1. The number of nitrogens with one attached hydrogen (secondary N) is 1. The van der Waals surface area contributed by atoms with Gasteiger partial charge in [-0.3, -0.25) is 9.35 Å². The van der Waals surface area contributed by atoms with E-state index in [0.29, 0.717) is 16.5 Å². The molecule has 4 aromatic carbocycles. The first-order valence-electron chi connectivity index (χ1n) is 11.1. The number of para-hydroxylation sites is 1. The molecule has 39 heavy (non-hydrogen) atoms. The number of nitrogens with zero attached hydrogens (tertiary/aromatic N) is 2. The minimum absolute atomic E-state index is 0. The van der Waals surface area contributed by atoms with Crippen LogP contribution in [0.25, 0.3) is 10.8 Å². The van der Waals surface area contributed by atoms with E-state index in [4.69, 9.17) is 27.9 Å². The standard InChI is InChI=1S/C26H21Cl2N3O6S.Na/c1-3-15-18(27)11-12-20(25(15)38(34,35)36)30-31-22-16-8-5-4-7-14(16)13-17(24(22)32)26(33)29-23-19(28)9-6-10-21(23)37-2;/h4-13,32H,3H2,1-2H3,(H,29,33)(H,34,35,36);/q;+1/p-1. The summed E-state index contributed by atoms with van der Waals surface area (Å²) >= 11 is 12.3. The van der Waals surface area contributed by atoms with Crippen molar-refractivity contribution in [2.24, 2.45) is 10.2 Å².